The van der Waals surface area contributed by atoms with Gasteiger partial charge in [-0.05, 0) is 50.2 Å². The van der Waals surface area contributed by atoms with Crippen molar-refractivity contribution in [3.05, 3.63) is 83.4 Å². The number of hydrogen-bond donors (Lipinski definition) is 5. The number of nitrogens with zero attached hydrogens (tertiary/aromatic N) is 17. The van der Waals surface area contributed by atoms with Crippen LogP contribution in [-0.2, 0) is 20.2 Å². The van der Waals surface area contributed by atoms with Crippen LogP contribution in [0.15, 0.2) is 91.2 Å². The van der Waals surface area contributed by atoms with Crippen LogP contribution in [0.25, 0.3) is 23.3 Å². The van der Waals surface area contributed by atoms with Crippen LogP contribution in [0.5, 0.6) is 6.01 Å². The maximum absolute atomic E-state index is 11.7. The zero-order valence-corrected chi connectivity index (χ0v) is 31.5. The summed E-state index contributed by atoms with van der Waals surface area (Å²) in [7, 11) is -9.13. The minimum Gasteiger partial charge on any atom is -0.479 e. The van der Waals surface area contributed by atoms with Crippen molar-refractivity contribution in [2.45, 2.75) is 23.6 Å². The van der Waals surface area contributed by atoms with Crippen molar-refractivity contribution < 1.29 is 31.0 Å². The van der Waals surface area contributed by atoms with Crippen molar-refractivity contribution in [3.8, 4) is 41.4 Å². The lowest BCUT2D eigenvalue weighted by molar-refractivity contribution is 0.423. The number of benzene rings is 2. The summed E-state index contributed by atoms with van der Waals surface area (Å²) in [5.74, 6) is -1.28. The van der Waals surface area contributed by atoms with Gasteiger partial charge in [0.05, 0.1) is 44.9 Å². The second-order valence-corrected chi connectivity index (χ2v) is 14.7. The average molecular weight is 838 g/mol. The molecule has 0 aliphatic rings. The molecule has 7 rings (SSSR count). The summed E-state index contributed by atoms with van der Waals surface area (Å²) in [5, 5.41) is 63.3. The highest BCUT2D eigenvalue weighted by molar-refractivity contribution is 7.86. The van der Waals surface area contributed by atoms with Crippen molar-refractivity contribution in [2.75, 3.05) is 11.5 Å². The molecule has 0 aliphatic heterocycles. The van der Waals surface area contributed by atoms with Gasteiger partial charge in [-0.25, -0.2) is 9.36 Å². The van der Waals surface area contributed by atoms with Crippen molar-refractivity contribution in [2.24, 2.45) is 20.5 Å². The molecule has 0 fully saturated rings. The number of aryl methyl sites for hydroxylation is 2. The fourth-order valence-electron chi connectivity index (χ4n) is 5.32. The van der Waals surface area contributed by atoms with E-state index in [2.05, 4.69) is 55.8 Å². The van der Waals surface area contributed by atoms with Crippen LogP contribution in [0.2, 0.25) is 0 Å². The Balaban J connectivity index is 1.22. The highest BCUT2D eigenvalue weighted by Gasteiger charge is 2.23. The molecule has 5 aromatic heterocycles. The average Bonchev–Trinajstić information content (AvgIpc) is 3.95. The monoisotopic (exact) mass is 837 g/mol. The summed E-state index contributed by atoms with van der Waals surface area (Å²) < 4.78 is 70.1. The highest BCUT2D eigenvalue weighted by atomic mass is 32.2. The first-order valence-corrected chi connectivity index (χ1v) is 19.0. The van der Waals surface area contributed by atoms with Crippen molar-refractivity contribution >= 4 is 54.9 Å². The second-order valence-electron chi connectivity index (χ2n) is 11.9. The molecule has 5 heterocycles. The van der Waals surface area contributed by atoms with Gasteiger partial charge in [-0.1, -0.05) is 12.1 Å². The molecular weight excluding hydrogens is 815 g/mol. The minimum absolute atomic E-state index is 0.0207. The second kappa shape index (κ2) is 14.6. The molecule has 0 atom stereocenters. The lowest BCUT2D eigenvalue weighted by Gasteiger charge is -2.07. The molecule has 28 heteroatoms. The summed E-state index contributed by atoms with van der Waals surface area (Å²) in [6.45, 7) is 3.03. The highest BCUT2D eigenvalue weighted by Crippen LogP contribution is 2.34. The van der Waals surface area contributed by atoms with E-state index in [1.807, 2.05) is 12.1 Å². The topological polar surface area (TPSA) is 388 Å². The number of anilines is 2. The molecule has 296 valence electrons. The Morgan fingerprint density at radius 3 is 1.42 bits per heavy atom. The van der Waals surface area contributed by atoms with Crippen LogP contribution in [0.1, 0.15) is 22.5 Å². The van der Waals surface area contributed by atoms with Crippen LogP contribution in [0, 0.1) is 36.5 Å². The molecule has 0 bridgehead atoms. The minimum atomic E-state index is -4.57. The maximum Gasteiger partial charge on any atom is 0.320 e. The van der Waals surface area contributed by atoms with Gasteiger partial charge in [0.1, 0.15) is 23.3 Å². The third-order valence-corrected chi connectivity index (χ3v) is 9.74. The Hall–Kier alpha value is -8.31. The first kappa shape index (κ1) is 38.9. The van der Waals surface area contributed by atoms with Crippen molar-refractivity contribution in [1.29, 1.82) is 10.5 Å². The molecule has 2 aromatic carbocycles. The van der Waals surface area contributed by atoms with Crippen LogP contribution in [0.4, 0.5) is 34.6 Å². The van der Waals surface area contributed by atoms with Gasteiger partial charge in [0.25, 0.3) is 32.1 Å². The Morgan fingerprint density at radius 1 is 0.644 bits per heavy atom. The number of aromatic hydroxyl groups is 1. The van der Waals surface area contributed by atoms with Gasteiger partial charge in [-0.15, -0.1) is 20.5 Å². The summed E-state index contributed by atoms with van der Waals surface area (Å²) >= 11 is 0. The Morgan fingerprint density at radius 2 is 1.05 bits per heavy atom. The Kier molecular flexibility index (Phi) is 9.67. The standard InChI is InChI=1S/C31H23N19O7S2/c1-15-23(41-43-27-17(11-32)13-36-47(27)19-5-3-7-21(9-19)58(52,53)54)25(34)49(45-15)29-38-30(40-31(51)39-29)50-26(35)24(16(2)46-50)42-44-28-18(12-33)14-37-48(28)20-6-4-8-22(10-20)59(55,56)57/h3-10,13-14H,34-35H2,1-2H3,(H,52,53,54)(H,55,56,57)(H,38,39,40,51). The van der Waals surface area contributed by atoms with Gasteiger partial charge >= 0.3 is 6.01 Å². The number of hydrogen-bond acceptors (Lipinski definition) is 20. The molecule has 0 amide bonds. The molecule has 7 aromatic rings. The molecular formula is C31H23N19O7S2. The lowest BCUT2D eigenvalue weighted by Crippen LogP contribution is -2.13. The molecule has 0 saturated heterocycles. The molecule has 0 spiro atoms. The fourth-order valence-corrected chi connectivity index (χ4v) is 6.36. The number of rotatable bonds is 10. The van der Waals surface area contributed by atoms with Gasteiger partial charge in [0.15, 0.2) is 34.6 Å². The number of nitrogens with two attached hydrogens (primary N) is 2. The van der Waals surface area contributed by atoms with E-state index in [-0.39, 0.29) is 80.4 Å². The van der Waals surface area contributed by atoms with E-state index in [9.17, 15) is 41.6 Å². The third-order valence-electron chi connectivity index (χ3n) is 8.04. The largest absolute Gasteiger partial charge is 0.479 e. The van der Waals surface area contributed by atoms with E-state index in [1.54, 1.807) is 0 Å². The molecule has 7 N–H and O–H groups in total. The Labute approximate surface area is 330 Å². The van der Waals surface area contributed by atoms with Crippen LogP contribution in [0.3, 0.4) is 0 Å². The summed E-state index contributed by atoms with van der Waals surface area (Å²) in [6, 6.07) is 13.2. The molecule has 59 heavy (non-hydrogen) atoms. The molecule has 0 aliphatic carbocycles. The van der Waals surface area contributed by atoms with E-state index < -0.39 is 36.0 Å². The smallest absolute Gasteiger partial charge is 0.320 e. The van der Waals surface area contributed by atoms with E-state index in [0.29, 0.717) is 0 Å². The van der Waals surface area contributed by atoms with Gasteiger partial charge in [-0.2, -0.15) is 72.1 Å². The van der Waals surface area contributed by atoms with Gasteiger partial charge in [0, 0.05) is 0 Å². The van der Waals surface area contributed by atoms with E-state index in [1.165, 1.54) is 50.5 Å². The summed E-state index contributed by atoms with van der Waals surface area (Å²) in [6.07, 6.45) is 2.35. The number of nitrogen functional groups attached to an aromatic ring is 2. The summed E-state index contributed by atoms with van der Waals surface area (Å²) in [4.78, 5) is 11.3. The van der Waals surface area contributed by atoms with E-state index in [4.69, 9.17) is 11.5 Å². The predicted molar refractivity (Wildman–Crippen MR) is 199 cm³/mol. The van der Waals surface area contributed by atoms with Gasteiger partial charge in [0.2, 0.25) is 0 Å². The zero-order valence-electron chi connectivity index (χ0n) is 29.8. The maximum atomic E-state index is 11.7. The lowest BCUT2D eigenvalue weighted by atomic mass is 10.3. The first-order valence-electron chi connectivity index (χ1n) is 16.1. The molecule has 0 saturated carbocycles. The zero-order chi connectivity index (χ0) is 42.4. The number of aromatic nitrogens is 11. The molecule has 0 radical (unpaired) electrons. The summed E-state index contributed by atoms with van der Waals surface area (Å²) in [5.41, 5.74) is 13.3. The number of nitriles is 2. The van der Waals surface area contributed by atoms with Gasteiger partial charge < -0.3 is 16.6 Å². The van der Waals surface area contributed by atoms with Crippen molar-refractivity contribution in [1.82, 2.24) is 54.1 Å². The normalized spacial score (nSPS) is 12.0. The Bertz CT molecular complexity index is 3010. The van der Waals surface area contributed by atoms with E-state index in [0.717, 1.165) is 43.0 Å². The number of azo groups is 2. The predicted octanol–water partition coefficient (Wildman–Crippen LogP) is 3.17. The van der Waals surface area contributed by atoms with Gasteiger partial charge in [-0.3, -0.25) is 9.11 Å². The fraction of sp³-hybridized carbons (Fsp3) is 0.0645. The molecule has 26 nitrogen and oxygen atoms in total. The van der Waals surface area contributed by atoms with Crippen molar-refractivity contribution in [3.63, 3.8) is 0 Å². The van der Waals surface area contributed by atoms with Crippen LogP contribution < -0.4 is 11.5 Å². The van der Waals surface area contributed by atoms with Crippen LogP contribution in [-0.4, -0.2) is 85.1 Å². The SMILES string of the molecule is Cc1nn(-c2nc(O)nc(-n3nc(C)c(N=Nc4c(C#N)cnn4-c4cccc(S(=O)(=O)O)c4)c3N)n2)c(N)c1N=Nc1c(C#N)cnn1-c1cccc(S(=O)(=O)O)c1. The quantitative estimate of drug-likeness (QED) is 0.0975. The molecule has 0 unspecified atom stereocenters. The van der Waals surface area contributed by atoms with E-state index >= 15 is 0 Å². The first-order chi connectivity index (χ1) is 28.0. The third kappa shape index (κ3) is 7.39. The van der Waals surface area contributed by atoms with Crippen LogP contribution >= 0.6 is 0 Å².